The number of aryl methyl sites for hydroxylation is 1. The lowest BCUT2D eigenvalue weighted by molar-refractivity contribution is -0.135. The fraction of sp³-hybridized carbons (Fsp3) is 0.381. The van der Waals surface area contributed by atoms with E-state index in [1.165, 1.54) is 22.0 Å². The summed E-state index contributed by atoms with van der Waals surface area (Å²) < 4.78 is 10.1. The van der Waals surface area contributed by atoms with E-state index in [0.29, 0.717) is 13.2 Å². The highest BCUT2D eigenvalue weighted by atomic mass is 32.1. The molecule has 1 aliphatic carbocycles. The van der Waals surface area contributed by atoms with E-state index in [9.17, 15) is 4.79 Å². The summed E-state index contributed by atoms with van der Waals surface area (Å²) in [6.07, 6.45) is 4.04. The first-order chi connectivity index (χ1) is 15.1. The van der Waals surface area contributed by atoms with Gasteiger partial charge in [-0.3, -0.25) is 4.79 Å². The number of methoxy groups -OCH3 is 1. The molecule has 0 bridgehead atoms. The Kier molecular flexibility index (Phi) is 5.51. The maximum absolute atomic E-state index is 12.8. The topological polar surface area (TPSA) is 93.1 Å². The predicted octanol–water partition coefficient (Wildman–Crippen LogP) is 3.65. The molecule has 0 radical (unpaired) electrons. The number of amides is 1. The van der Waals surface area contributed by atoms with Crippen molar-refractivity contribution < 1.29 is 9.53 Å². The lowest BCUT2D eigenvalue weighted by atomic mass is 9.87. The molecule has 4 aromatic rings. The number of thiophene rings is 1. The first-order valence-corrected chi connectivity index (χ1v) is 11.7. The Balaban J connectivity index is 1.42. The maximum Gasteiger partial charge on any atom is 0.225 e. The Morgan fingerprint density at radius 2 is 2.26 bits per heavy atom. The Labute approximate surface area is 187 Å². The van der Waals surface area contributed by atoms with Gasteiger partial charge in [0.1, 0.15) is 22.5 Å². The Bertz CT molecular complexity index is 1250. The number of anilines is 2. The third-order valence-corrected chi connectivity index (χ3v) is 7.56. The fourth-order valence-electron chi connectivity index (χ4n) is 4.06. The molecule has 3 heterocycles. The number of aromatic nitrogens is 4. The second-order valence-electron chi connectivity index (χ2n) is 7.68. The molecule has 1 N–H and O–H groups in total. The molecule has 0 fully saturated rings. The van der Waals surface area contributed by atoms with E-state index in [-0.39, 0.29) is 11.8 Å². The minimum Gasteiger partial charge on any atom is -0.383 e. The Hall–Kier alpha value is -2.69. The zero-order valence-electron chi connectivity index (χ0n) is 17.3. The van der Waals surface area contributed by atoms with Gasteiger partial charge in [-0.1, -0.05) is 4.49 Å². The Morgan fingerprint density at radius 1 is 1.35 bits per heavy atom. The second-order valence-corrected chi connectivity index (χ2v) is 9.55. The van der Waals surface area contributed by atoms with Crippen molar-refractivity contribution in [1.82, 2.24) is 24.5 Å². The molecule has 10 heteroatoms. The molecule has 1 aromatic carbocycles. The molecule has 1 atom stereocenters. The minimum atomic E-state index is 0.00743. The molecule has 1 amide bonds. The van der Waals surface area contributed by atoms with Crippen LogP contribution in [-0.2, 0) is 22.4 Å². The summed E-state index contributed by atoms with van der Waals surface area (Å²) in [5.74, 6) is 1.00. The minimum absolute atomic E-state index is 0.00743. The summed E-state index contributed by atoms with van der Waals surface area (Å²) >= 11 is 3.05. The average Bonchev–Trinajstić information content (AvgIpc) is 3.40. The van der Waals surface area contributed by atoms with Crippen molar-refractivity contribution in [1.29, 1.82) is 0 Å². The van der Waals surface area contributed by atoms with Gasteiger partial charge in [0.05, 0.1) is 16.7 Å². The number of benzene rings is 1. The number of nitrogens with zero attached hydrogens (tertiary/aromatic N) is 5. The fourth-order valence-corrected chi connectivity index (χ4v) is 5.92. The largest absolute Gasteiger partial charge is 0.383 e. The highest BCUT2D eigenvalue weighted by molar-refractivity contribution is 7.19. The molecular formula is C21H22N6O2S2. The normalized spacial score (nSPS) is 15.9. The number of nitrogens with one attached hydrogen (secondary N) is 1. The van der Waals surface area contributed by atoms with E-state index in [1.54, 1.807) is 29.7 Å². The number of ether oxygens (including phenoxy) is 1. The van der Waals surface area contributed by atoms with Gasteiger partial charge in [0.25, 0.3) is 0 Å². The number of likely N-dealkylation sites (N-methyl/N-ethyl adjacent to an activating group) is 1. The van der Waals surface area contributed by atoms with Gasteiger partial charge in [0.2, 0.25) is 5.91 Å². The van der Waals surface area contributed by atoms with Crippen LogP contribution in [0.1, 0.15) is 16.9 Å². The number of hydrogen-bond acceptors (Lipinski definition) is 9. The summed E-state index contributed by atoms with van der Waals surface area (Å²) in [6.45, 7) is 1.17. The van der Waals surface area contributed by atoms with Crippen molar-refractivity contribution in [2.24, 2.45) is 5.92 Å². The molecule has 0 saturated carbocycles. The second kappa shape index (κ2) is 8.45. The van der Waals surface area contributed by atoms with E-state index in [0.717, 1.165) is 51.2 Å². The number of hydrogen-bond donors (Lipinski definition) is 1. The number of rotatable bonds is 6. The summed E-state index contributed by atoms with van der Waals surface area (Å²) in [5.41, 5.74) is 3.11. The zero-order chi connectivity index (χ0) is 21.4. The van der Waals surface area contributed by atoms with E-state index in [1.807, 2.05) is 25.2 Å². The molecule has 1 aliphatic rings. The van der Waals surface area contributed by atoms with Gasteiger partial charge in [0, 0.05) is 37.2 Å². The van der Waals surface area contributed by atoms with Gasteiger partial charge in [-0.15, -0.1) is 16.4 Å². The van der Waals surface area contributed by atoms with Crippen LogP contribution < -0.4 is 5.32 Å². The van der Waals surface area contributed by atoms with Crippen LogP contribution in [0.5, 0.6) is 0 Å². The lowest BCUT2D eigenvalue weighted by Gasteiger charge is -2.26. The summed E-state index contributed by atoms with van der Waals surface area (Å²) in [5, 5.41) is 8.63. The van der Waals surface area contributed by atoms with Crippen LogP contribution in [0.3, 0.4) is 0 Å². The summed E-state index contributed by atoms with van der Waals surface area (Å²) in [7, 11) is 3.51. The predicted molar refractivity (Wildman–Crippen MR) is 123 cm³/mol. The highest BCUT2D eigenvalue weighted by Crippen LogP contribution is 2.40. The molecule has 31 heavy (non-hydrogen) atoms. The first kappa shape index (κ1) is 20.2. The van der Waals surface area contributed by atoms with Crippen LogP contribution in [-0.4, -0.2) is 57.7 Å². The number of carbonyl (C=O) groups excluding carboxylic acids is 1. The number of carbonyl (C=O) groups is 1. The molecule has 0 aliphatic heterocycles. The molecule has 3 aromatic heterocycles. The average molecular weight is 455 g/mol. The van der Waals surface area contributed by atoms with E-state index in [2.05, 4.69) is 24.9 Å². The van der Waals surface area contributed by atoms with E-state index >= 15 is 0 Å². The maximum atomic E-state index is 12.8. The lowest BCUT2D eigenvalue weighted by Crippen LogP contribution is -2.37. The summed E-state index contributed by atoms with van der Waals surface area (Å²) in [6, 6.07) is 5.98. The van der Waals surface area contributed by atoms with Crippen LogP contribution in [0, 0.1) is 5.92 Å². The third kappa shape index (κ3) is 3.86. The Morgan fingerprint density at radius 3 is 3.13 bits per heavy atom. The van der Waals surface area contributed by atoms with Gasteiger partial charge >= 0.3 is 0 Å². The van der Waals surface area contributed by atoms with Crippen molar-refractivity contribution in [2.45, 2.75) is 19.3 Å². The van der Waals surface area contributed by atoms with Gasteiger partial charge in [-0.05, 0) is 54.6 Å². The zero-order valence-corrected chi connectivity index (χ0v) is 18.9. The van der Waals surface area contributed by atoms with E-state index in [4.69, 9.17) is 4.74 Å². The van der Waals surface area contributed by atoms with Crippen LogP contribution in [0.2, 0.25) is 0 Å². The monoisotopic (exact) mass is 454 g/mol. The third-order valence-electron chi connectivity index (χ3n) is 5.71. The molecule has 5 rings (SSSR count). The molecule has 0 spiro atoms. The first-order valence-electron chi connectivity index (χ1n) is 10.1. The smallest absolute Gasteiger partial charge is 0.225 e. The van der Waals surface area contributed by atoms with Crippen molar-refractivity contribution in [3.63, 3.8) is 0 Å². The highest BCUT2D eigenvalue weighted by Gasteiger charge is 2.30. The van der Waals surface area contributed by atoms with Crippen molar-refractivity contribution in [3.8, 4) is 0 Å². The van der Waals surface area contributed by atoms with Crippen LogP contribution in [0.4, 0.5) is 11.5 Å². The van der Waals surface area contributed by atoms with Crippen LogP contribution in [0.25, 0.3) is 20.4 Å². The molecule has 8 nitrogen and oxygen atoms in total. The molecule has 160 valence electrons. The van der Waals surface area contributed by atoms with Gasteiger partial charge in [0.15, 0.2) is 0 Å². The quantitative estimate of drug-likeness (QED) is 0.475. The van der Waals surface area contributed by atoms with Crippen molar-refractivity contribution in [3.05, 3.63) is 35.0 Å². The van der Waals surface area contributed by atoms with Crippen LogP contribution >= 0.6 is 22.9 Å². The SMILES string of the molecule is COCCN(C)C(=O)[C@H]1CCc2c(sc3ncnc(Nc4ccc5nnsc5c4)c23)C1. The van der Waals surface area contributed by atoms with Crippen molar-refractivity contribution >= 4 is 60.7 Å². The molecular weight excluding hydrogens is 432 g/mol. The van der Waals surface area contributed by atoms with Crippen LogP contribution in [0.15, 0.2) is 24.5 Å². The molecule has 0 saturated heterocycles. The van der Waals surface area contributed by atoms with Gasteiger partial charge in [-0.25, -0.2) is 9.97 Å². The van der Waals surface area contributed by atoms with Gasteiger partial charge < -0.3 is 15.0 Å². The standard InChI is InChI=1S/C21H22N6O2S2/c1-27(7-8-29-2)21(28)12-3-5-14-16(9-12)30-20-18(14)19(22-11-23-20)24-13-4-6-15-17(10-13)31-26-25-15/h4,6,10-12H,3,5,7-9H2,1-2H3,(H,22,23,24)/t12-/m0/s1. The summed E-state index contributed by atoms with van der Waals surface area (Å²) in [4.78, 5) is 25.9. The molecule has 0 unspecified atom stereocenters. The number of fused-ring (bicyclic) bond motifs is 4. The van der Waals surface area contributed by atoms with Gasteiger partial charge in [-0.2, -0.15) is 0 Å². The van der Waals surface area contributed by atoms with E-state index < -0.39 is 0 Å². The van der Waals surface area contributed by atoms with Crippen molar-refractivity contribution in [2.75, 3.05) is 32.6 Å².